The van der Waals surface area contributed by atoms with Crippen molar-refractivity contribution in [3.05, 3.63) is 114 Å². The number of anilines is 1. The van der Waals surface area contributed by atoms with Gasteiger partial charge in [0, 0.05) is 25.1 Å². The van der Waals surface area contributed by atoms with Gasteiger partial charge in [-0.1, -0.05) is 67.6 Å². The van der Waals surface area contributed by atoms with Gasteiger partial charge in [0.15, 0.2) is 11.5 Å². The van der Waals surface area contributed by atoms with Gasteiger partial charge in [-0.15, -0.1) is 0 Å². The molecule has 49 heavy (non-hydrogen) atoms. The number of amides is 2. The summed E-state index contributed by atoms with van der Waals surface area (Å²) < 4.78 is 46.3. The summed E-state index contributed by atoms with van der Waals surface area (Å²) in [4.78, 5) is 30.0. The van der Waals surface area contributed by atoms with Gasteiger partial charge in [0.05, 0.1) is 31.4 Å². The van der Waals surface area contributed by atoms with Gasteiger partial charge in [0.1, 0.15) is 18.3 Å². The van der Waals surface area contributed by atoms with E-state index in [1.54, 1.807) is 24.3 Å². The van der Waals surface area contributed by atoms with Crippen LogP contribution in [0.15, 0.2) is 108 Å². The number of hydrogen-bond donors (Lipinski definition) is 1. The largest absolute Gasteiger partial charge is 0.494 e. The zero-order valence-electron chi connectivity index (χ0n) is 28.7. The first-order chi connectivity index (χ1) is 23.6. The van der Waals surface area contributed by atoms with Gasteiger partial charge in [0.2, 0.25) is 11.8 Å². The second-order valence-corrected chi connectivity index (χ2v) is 13.3. The average Bonchev–Trinajstić information content (AvgIpc) is 3.12. The smallest absolute Gasteiger partial charge is 0.264 e. The zero-order chi connectivity index (χ0) is 35.4. The Kier molecular flexibility index (Phi) is 13.1. The number of benzene rings is 4. The molecule has 4 rings (SSSR count). The van der Waals surface area contributed by atoms with Gasteiger partial charge in [-0.3, -0.25) is 13.9 Å². The summed E-state index contributed by atoms with van der Waals surface area (Å²) in [6.45, 7) is 5.66. The molecule has 11 heteroatoms. The normalized spacial score (nSPS) is 12.3. The van der Waals surface area contributed by atoms with E-state index in [1.165, 1.54) is 37.3 Å². The van der Waals surface area contributed by atoms with Crippen molar-refractivity contribution in [1.29, 1.82) is 0 Å². The van der Waals surface area contributed by atoms with Gasteiger partial charge in [-0.25, -0.2) is 8.42 Å². The highest BCUT2D eigenvalue weighted by molar-refractivity contribution is 7.92. The lowest BCUT2D eigenvalue weighted by molar-refractivity contribution is -0.140. The molecule has 0 aliphatic rings. The Morgan fingerprint density at radius 1 is 0.796 bits per heavy atom. The van der Waals surface area contributed by atoms with E-state index in [0.29, 0.717) is 24.5 Å². The molecule has 260 valence electrons. The van der Waals surface area contributed by atoms with Crippen molar-refractivity contribution < 1.29 is 32.2 Å². The quantitative estimate of drug-likeness (QED) is 0.148. The molecule has 2 amide bonds. The summed E-state index contributed by atoms with van der Waals surface area (Å²) in [6.07, 6.45) is 0.929. The van der Waals surface area contributed by atoms with Crippen molar-refractivity contribution >= 4 is 27.5 Å². The Morgan fingerprint density at radius 2 is 1.41 bits per heavy atom. The average molecular weight is 688 g/mol. The third kappa shape index (κ3) is 9.54. The molecule has 0 aromatic heterocycles. The van der Waals surface area contributed by atoms with Crippen LogP contribution in [0.1, 0.15) is 38.3 Å². The number of carbonyl (C=O) groups excluding carboxylic acids is 2. The summed E-state index contributed by atoms with van der Waals surface area (Å²) in [5.74, 6) is 0.253. The molecule has 0 radical (unpaired) electrons. The molecular weight excluding hydrogens is 642 g/mol. The number of ether oxygens (including phenoxy) is 3. The molecule has 0 spiro atoms. The van der Waals surface area contributed by atoms with Crippen LogP contribution in [0.25, 0.3) is 0 Å². The van der Waals surface area contributed by atoms with Crippen LogP contribution in [0.3, 0.4) is 0 Å². The molecule has 0 bridgehead atoms. The Morgan fingerprint density at radius 3 is 1.98 bits per heavy atom. The number of carbonyl (C=O) groups is 2. The minimum Gasteiger partial charge on any atom is -0.494 e. The van der Waals surface area contributed by atoms with Gasteiger partial charge in [-0.2, -0.15) is 0 Å². The van der Waals surface area contributed by atoms with Crippen LogP contribution in [-0.4, -0.2) is 64.6 Å². The van der Waals surface area contributed by atoms with Crippen LogP contribution < -0.4 is 23.8 Å². The molecule has 0 saturated heterocycles. The van der Waals surface area contributed by atoms with E-state index < -0.39 is 28.5 Å². The molecule has 0 aliphatic heterocycles. The minimum absolute atomic E-state index is 0.0820. The minimum atomic E-state index is -4.36. The molecule has 0 aliphatic carbocycles. The van der Waals surface area contributed by atoms with Crippen LogP contribution >= 0.6 is 0 Å². The van der Waals surface area contributed by atoms with Crippen LogP contribution in [0.2, 0.25) is 0 Å². The van der Waals surface area contributed by atoms with Crippen molar-refractivity contribution in [2.24, 2.45) is 0 Å². The van der Waals surface area contributed by atoms with E-state index >= 15 is 0 Å². The Hall–Kier alpha value is -5.03. The second kappa shape index (κ2) is 17.4. The van der Waals surface area contributed by atoms with Gasteiger partial charge >= 0.3 is 0 Å². The summed E-state index contributed by atoms with van der Waals surface area (Å²) in [7, 11) is -1.48. The predicted octanol–water partition coefficient (Wildman–Crippen LogP) is 5.85. The second-order valence-electron chi connectivity index (χ2n) is 11.5. The van der Waals surface area contributed by atoms with E-state index in [2.05, 4.69) is 5.32 Å². The van der Waals surface area contributed by atoms with Crippen molar-refractivity contribution in [1.82, 2.24) is 10.2 Å². The van der Waals surface area contributed by atoms with Crippen molar-refractivity contribution in [3.8, 4) is 17.2 Å². The first-order valence-corrected chi connectivity index (χ1v) is 17.7. The molecular formula is C38H45N3O7S. The topological polar surface area (TPSA) is 114 Å². The first-order valence-electron chi connectivity index (χ1n) is 16.3. The number of methoxy groups -OCH3 is 2. The van der Waals surface area contributed by atoms with Crippen molar-refractivity contribution in [3.63, 3.8) is 0 Å². The molecule has 1 N–H and O–H groups in total. The fourth-order valence-corrected chi connectivity index (χ4v) is 6.71. The number of nitrogens with one attached hydrogen (secondary N) is 1. The highest BCUT2D eigenvalue weighted by Gasteiger charge is 2.35. The number of nitrogens with zero attached hydrogens (tertiary/aromatic N) is 2. The third-order valence-corrected chi connectivity index (χ3v) is 9.90. The predicted molar refractivity (Wildman–Crippen MR) is 191 cm³/mol. The lowest BCUT2D eigenvalue weighted by atomic mass is 10.0. The maximum Gasteiger partial charge on any atom is 0.264 e. The summed E-state index contributed by atoms with van der Waals surface area (Å²) in [5.41, 5.74) is 1.90. The van der Waals surface area contributed by atoms with Crippen molar-refractivity contribution in [2.75, 3.05) is 31.7 Å². The number of sulfonamides is 1. The lowest BCUT2D eigenvalue weighted by Gasteiger charge is -2.34. The third-order valence-electron chi connectivity index (χ3n) is 8.13. The van der Waals surface area contributed by atoms with Gasteiger partial charge in [-0.05, 0) is 67.8 Å². The van der Waals surface area contributed by atoms with E-state index in [9.17, 15) is 18.0 Å². The van der Waals surface area contributed by atoms with Crippen LogP contribution in [0.4, 0.5) is 5.69 Å². The first kappa shape index (κ1) is 36.8. The molecule has 0 heterocycles. The lowest BCUT2D eigenvalue weighted by Crippen LogP contribution is -2.54. The fraction of sp³-hybridized carbons (Fsp3) is 0.316. The molecule has 2 unspecified atom stereocenters. The maximum atomic E-state index is 14.7. The van der Waals surface area contributed by atoms with E-state index in [1.807, 2.05) is 81.4 Å². The standard InChI is InChI=1S/C38H45N3O7S/c1-6-28(3)39-38(43)34(24-29-14-10-8-11-15-29)40(26-30-16-12-9-13-17-30)37(42)27-41(31-18-20-32(21-19-31)48-7-2)49(44,45)33-22-23-35(46-4)36(25-33)47-5/h8-23,25,28,34H,6-7,24,26-27H2,1-5H3,(H,39,43). The number of rotatable bonds is 17. The SMILES string of the molecule is CCOc1ccc(N(CC(=O)N(Cc2ccccc2)C(Cc2ccccc2)C(=O)NC(C)CC)S(=O)(=O)c2ccc(OC)c(OC)c2)cc1. The molecule has 4 aromatic carbocycles. The van der Waals surface area contributed by atoms with Gasteiger partial charge in [0.25, 0.3) is 10.0 Å². The molecule has 10 nitrogen and oxygen atoms in total. The van der Waals surface area contributed by atoms with E-state index in [0.717, 1.165) is 15.4 Å². The summed E-state index contributed by atoms with van der Waals surface area (Å²) in [5, 5.41) is 3.05. The van der Waals surface area contributed by atoms with Crippen molar-refractivity contribution in [2.45, 2.75) is 57.1 Å². The monoisotopic (exact) mass is 687 g/mol. The van der Waals surface area contributed by atoms with Crippen LogP contribution in [0, 0.1) is 0 Å². The van der Waals surface area contributed by atoms with Crippen LogP contribution in [0.5, 0.6) is 17.2 Å². The molecule has 0 fully saturated rings. The highest BCUT2D eigenvalue weighted by atomic mass is 32.2. The maximum absolute atomic E-state index is 14.7. The molecule has 0 saturated carbocycles. The zero-order valence-corrected chi connectivity index (χ0v) is 29.5. The summed E-state index contributed by atoms with van der Waals surface area (Å²) in [6, 6.07) is 28.5. The Balaban J connectivity index is 1.82. The van der Waals surface area contributed by atoms with E-state index in [4.69, 9.17) is 14.2 Å². The highest BCUT2D eigenvalue weighted by Crippen LogP contribution is 2.33. The molecule has 2 atom stereocenters. The van der Waals surface area contributed by atoms with E-state index in [-0.39, 0.29) is 41.2 Å². The Labute approximate surface area is 289 Å². The fourth-order valence-electron chi connectivity index (χ4n) is 5.28. The number of hydrogen-bond acceptors (Lipinski definition) is 7. The van der Waals surface area contributed by atoms with Gasteiger partial charge < -0.3 is 24.4 Å². The van der Waals surface area contributed by atoms with Crippen LogP contribution in [-0.2, 0) is 32.6 Å². The summed E-state index contributed by atoms with van der Waals surface area (Å²) >= 11 is 0. The molecule has 4 aromatic rings. The Bertz CT molecular complexity index is 1770.